The van der Waals surface area contributed by atoms with Crippen LogP contribution in [0.25, 0.3) is 10.8 Å². The van der Waals surface area contributed by atoms with Crippen LogP contribution in [0.15, 0.2) is 45.8 Å². The fourth-order valence-corrected chi connectivity index (χ4v) is 1.06. The van der Waals surface area contributed by atoms with Gasteiger partial charge in [-0.1, -0.05) is 18.2 Å². The maximum absolute atomic E-state index is 11.0. The van der Waals surface area contributed by atoms with Crippen molar-refractivity contribution >= 4 is 10.8 Å². The normalized spacial score (nSPS) is 10.2. The summed E-state index contributed by atoms with van der Waals surface area (Å²) >= 11 is 0. The third-order valence-electron chi connectivity index (χ3n) is 1.60. The molecule has 0 aliphatic carbocycles. The molecule has 0 amide bonds. The van der Waals surface area contributed by atoms with Gasteiger partial charge in [-0.25, -0.2) is 4.79 Å². The summed E-state index contributed by atoms with van der Waals surface area (Å²) in [5.41, 5.74) is -0.275. The lowest BCUT2D eigenvalue weighted by molar-refractivity contribution is 0.519. The summed E-state index contributed by atoms with van der Waals surface area (Å²) in [6.45, 7) is 0. The van der Waals surface area contributed by atoms with Crippen molar-refractivity contribution in [1.29, 1.82) is 0 Å². The highest BCUT2D eigenvalue weighted by Crippen LogP contribution is 2.06. The Labute approximate surface area is 63.1 Å². The molecule has 1 aromatic carbocycles. The molecule has 0 saturated carbocycles. The zero-order chi connectivity index (χ0) is 7.68. The van der Waals surface area contributed by atoms with Crippen molar-refractivity contribution in [3.05, 3.63) is 47.0 Å². The van der Waals surface area contributed by atoms with Crippen LogP contribution < -0.4 is 5.63 Å². The highest BCUT2D eigenvalue weighted by Gasteiger charge is 1.94. The molecule has 1 aromatic heterocycles. The van der Waals surface area contributed by atoms with Crippen LogP contribution in [0.5, 0.6) is 0 Å². The van der Waals surface area contributed by atoms with E-state index in [2.05, 4.69) is 4.42 Å². The smallest absolute Gasteiger partial charge is 0.343 e. The molecule has 0 aliphatic heterocycles. The Morgan fingerprint density at radius 3 is 2.73 bits per heavy atom. The molecule has 0 fully saturated rings. The highest BCUT2D eigenvalue weighted by molar-refractivity contribution is 5.80. The SMILES string of the molecule is O=c1occc2ccccc12. The second kappa shape index (κ2) is 2.23. The predicted molar refractivity (Wildman–Crippen MR) is 42.5 cm³/mol. The van der Waals surface area contributed by atoms with Crippen LogP contribution in [0.1, 0.15) is 0 Å². The Kier molecular flexibility index (Phi) is 1.25. The molecule has 2 aromatic rings. The van der Waals surface area contributed by atoms with Gasteiger partial charge in [-0.15, -0.1) is 0 Å². The zero-order valence-electron chi connectivity index (χ0n) is 5.78. The van der Waals surface area contributed by atoms with Crippen LogP contribution in [-0.4, -0.2) is 0 Å². The summed E-state index contributed by atoms with van der Waals surface area (Å²) in [5, 5.41) is 1.55. The average molecular weight is 146 g/mol. The summed E-state index contributed by atoms with van der Waals surface area (Å²) < 4.78 is 4.68. The fraction of sp³-hybridized carbons (Fsp3) is 0. The number of hydrogen-bond acceptors (Lipinski definition) is 2. The van der Waals surface area contributed by atoms with E-state index in [0.717, 1.165) is 5.39 Å². The van der Waals surface area contributed by atoms with Crippen LogP contribution in [-0.2, 0) is 0 Å². The summed E-state index contributed by atoms with van der Waals surface area (Å²) in [7, 11) is 0. The van der Waals surface area contributed by atoms with Gasteiger partial charge >= 0.3 is 5.63 Å². The quantitative estimate of drug-likeness (QED) is 0.567. The number of hydrogen-bond donors (Lipinski definition) is 0. The molecule has 2 nitrogen and oxygen atoms in total. The molecule has 0 atom stereocenters. The Morgan fingerprint density at radius 2 is 1.91 bits per heavy atom. The largest absolute Gasteiger partial charge is 0.431 e. The van der Waals surface area contributed by atoms with Crippen LogP contribution in [0.3, 0.4) is 0 Å². The van der Waals surface area contributed by atoms with Gasteiger partial charge in [0.2, 0.25) is 0 Å². The van der Waals surface area contributed by atoms with E-state index in [0.29, 0.717) is 5.39 Å². The summed E-state index contributed by atoms with van der Waals surface area (Å²) in [6.07, 6.45) is 1.41. The Balaban J connectivity index is 3.03. The van der Waals surface area contributed by atoms with Crippen LogP contribution >= 0.6 is 0 Å². The van der Waals surface area contributed by atoms with Gasteiger partial charge in [0.05, 0.1) is 11.6 Å². The van der Waals surface area contributed by atoms with Gasteiger partial charge in [-0.05, 0) is 17.5 Å². The van der Waals surface area contributed by atoms with Gasteiger partial charge in [0.15, 0.2) is 0 Å². The average Bonchev–Trinajstić information content (AvgIpc) is 2.06. The zero-order valence-corrected chi connectivity index (χ0v) is 5.78. The van der Waals surface area contributed by atoms with Gasteiger partial charge in [0.1, 0.15) is 0 Å². The molecule has 0 bridgehead atoms. The lowest BCUT2D eigenvalue weighted by atomic mass is 10.2. The first kappa shape index (κ1) is 6.16. The molecular weight excluding hydrogens is 140 g/mol. The van der Waals surface area contributed by atoms with E-state index in [1.165, 1.54) is 6.26 Å². The topological polar surface area (TPSA) is 30.2 Å². The Morgan fingerprint density at radius 1 is 1.09 bits per heavy atom. The molecule has 0 radical (unpaired) electrons. The molecular formula is C9H6O2. The molecule has 54 valence electrons. The van der Waals surface area contributed by atoms with Crippen LogP contribution in [0, 0.1) is 0 Å². The van der Waals surface area contributed by atoms with E-state index >= 15 is 0 Å². The minimum absolute atomic E-state index is 0.275. The molecule has 0 spiro atoms. The number of fused-ring (bicyclic) bond motifs is 1. The lowest BCUT2D eigenvalue weighted by Crippen LogP contribution is -1.96. The minimum Gasteiger partial charge on any atom is -0.431 e. The first-order valence-electron chi connectivity index (χ1n) is 3.34. The molecule has 1 heterocycles. The predicted octanol–water partition coefficient (Wildman–Crippen LogP) is 1.79. The Hall–Kier alpha value is -1.57. The molecule has 0 saturated heterocycles. The third-order valence-corrected chi connectivity index (χ3v) is 1.60. The first-order chi connectivity index (χ1) is 5.38. The molecule has 2 heteroatoms. The van der Waals surface area contributed by atoms with Crippen molar-refractivity contribution in [3.8, 4) is 0 Å². The molecule has 0 aliphatic rings. The first-order valence-corrected chi connectivity index (χ1v) is 3.34. The molecule has 0 N–H and O–H groups in total. The maximum atomic E-state index is 11.0. The monoisotopic (exact) mass is 146 g/mol. The summed E-state index contributed by atoms with van der Waals surface area (Å²) in [4.78, 5) is 11.0. The van der Waals surface area contributed by atoms with Crippen molar-refractivity contribution in [3.63, 3.8) is 0 Å². The van der Waals surface area contributed by atoms with Gasteiger partial charge < -0.3 is 4.42 Å². The number of benzene rings is 1. The van der Waals surface area contributed by atoms with Crippen LogP contribution in [0.2, 0.25) is 0 Å². The third kappa shape index (κ3) is 0.923. The van der Waals surface area contributed by atoms with Gasteiger partial charge in [-0.3, -0.25) is 0 Å². The lowest BCUT2D eigenvalue weighted by Gasteiger charge is -1.91. The van der Waals surface area contributed by atoms with Crippen molar-refractivity contribution in [2.75, 3.05) is 0 Å². The fourth-order valence-electron chi connectivity index (χ4n) is 1.06. The molecule has 2 rings (SSSR count). The van der Waals surface area contributed by atoms with E-state index < -0.39 is 0 Å². The van der Waals surface area contributed by atoms with E-state index in [4.69, 9.17) is 0 Å². The summed E-state index contributed by atoms with van der Waals surface area (Å²) in [6, 6.07) is 9.12. The summed E-state index contributed by atoms with van der Waals surface area (Å²) in [5.74, 6) is 0. The second-order valence-electron chi connectivity index (χ2n) is 2.30. The minimum atomic E-state index is -0.275. The standard InChI is InChI=1S/C9H6O2/c10-9-8-4-2-1-3-7(8)5-6-11-9/h1-6H. The van der Waals surface area contributed by atoms with E-state index in [-0.39, 0.29) is 5.63 Å². The second-order valence-corrected chi connectivity index (χ2v) is 2.30. The van der Waals surface area contributed by atoms with Crippen LogP contribution in [0.4, 0.5) is 0 Å². The van der Waals surface area contributed by atoms with E-state index in [1.54, 1.807) is 12.1 Å². The maximum Gasteiger partial charge on any atom is 0.343 e. The Bertz CT molecular complexity index is 423. The van der Waals surface area contributed by atoms with E-state index in [1.807, 2.05) is 18.2 Å². The van der Waals surface area contributed by atoms with Crippen molar-refractivity contribution in [1.82, 2.24) is 0 Å². The van der Waals surface area contributed by atoms with Crippen molar-refractivity contribution in [2.24, 2.45) is 0 Å². The van der Waals surface area contributed by atoms with Gasteiger partial charge in [-0.2, -0.15) is 0 Å². The highest BCUT2D eigenvalue weighted by atomic mass is 16.4. The van der Waals surface area contributed by atoms with Crippen molar-refractivity contribution < 1.29 is 4.42 Å². The van der Waals surface area contributed by atoms with E-state index in [9.17, 15) is 4.79 Å². The van der Waals surface area contributed by atoms with Gasteiger partial charge in [0.25, 0.3) is 0 Å². The molecule has 0 unspecified atom stereocenters. The van der Waals surface area contributed by atoms with Crippen molar-refractivity contribution in [2.45, 2.75) is 0 Å². The van der Waals surface area contributed by atoms with Gasteiger partial charge in [0, 0.05) is 0 Å². The number of rotatable bonds is 0. The molecule has 11 heavy (non-hydrogen) atoms.